The van der Waals surface area contributed by atoms with Gasteiger partial charge in [0.15, 0.2) is 0 Å². The first-order valence-electron chi connectivity index (χ1n) is 7.85. The van der Waals surface area contributed by atoms with E-state index in [1.807, 2.05) is 31.2 Å². The summed E-state index contributed by atoms with van der Waals surface area (Å²) in [6, 6.07) is 18.0. The number of amides is 1. The largest absolute Gasteiger partial charge is 0.320 e. The normalized spacial score (nSPS) is 10.5. The van der Waals surface area contributed by atoms with E-state index in [1.165, 1.54) is 10.6 Å². The van der Waals surface area contributed by atoms with Crippen molar-refractivity contribution in [2.45, 2.75) is 13.5 Å². The van der Waals surface area contributed by atoms with Crippen LogP contribution >= 0.6 is 11.6 Å². The summed E-state index contributed by atoms with van der Waals surface area (Å²) in [4.78, 5) is 25.1. The van der Waals surface area contributed by atoms with Gasteiger partial charge in [-0.3, -0.25) is 9.59 Å². The number of benzene rings is 2. The van der Waals surface area contributed by atoms with E-state index in [0.29, 0.717) is 17.3 Å². The Morgan fingerprint density at radius 2 is 1.88 bits per heavy atom. The quantitative estimate of drug-likeness (QED) is 0.768. The Bertz CT molecular complexity index is 979. The zero-order valence-corrected chi connectivity index (χ0v) is 14.5. The van der Waals surface area contributed by atoms with Crippen molar-refractivity contribution < 1.29 is 4.79 Å². The number of rotatable bonds is 4. The topological polar surface area (TPSA) is 51.1 Å². The van der Waals surface area contributed by atoms with Gasteiger partial charge in [0.25, 0.3) is 11.5 Å². The molecule has 126 valence electrons. The van der Waals surface area contributed by atoms with Crippen LogP contribution in [0.25, 0.3) is 0 Å². The van der Waals surface area contributed by atoms with Gasteiger partial charge in [-0.25, -0.2) is 0 Å². The fourth-order valence-electron chi connectivity index (χ4n) is 2.59. The number of pyridine rings is 1. The number of para-hydroxylation sites is 1. The van der Waals surface area contributed by atoms with Crippen molar-refractivity contribution in [3.05, 3.63) is 98.9 Å². The molecule has 3 rings (SSSR count). The predicted molar refractivity (Wildman–Crippen MR) is 100 cm³/mol. The van der Waals surface area contributed by atoms with E-state index in [2.05, 4.69) is 5.32 Å². The minimum atomic E-state index is -0.475. The summed E-state index contributed by atoms with van der Waals surface area (Å²) in [5.41, 5.74) is 2.34. The van der Waals surface area contributed by atoms with Gasteiger partial charge in [0.1, 0.15) is 5.56 Å². The molecule has 0 unspecified atom stereocenters. The number of halogens is 1. The number of anilines is 1. The first-order valence-corrected chi connectivity index (χ1v) is 8.23. The summed E-state index contributed by atoms with van der Waals surface area (Å²) in [6.45, 7) is 2.41. The maximum absolute atomic E-state index is 12.6. The molecule has 0 saturated carbocycles. The van der Waals surface area contributed by atoms with Gasteiger partial charge in [0.2, 0.25) is 0 Å². The highest BCUT2D eigenvalue weighted by atomic mass is 35.5. The fourth-order valence-corrected chi connectivity index (χ4v) is 2.78. The monoisotopic (exact) mass is 352 g/mol. The third-order valence-corrected chi connectivity index (χ3v) is 4.15. The highest BCUT2D eigenvalue weighted by Gasteiger charge is 2.13. The van der Waals surface area contributed by atoms with Crippen LogP contribution in [0.15, 0.2) is 71.7 Å². The Hall–Kier alpha value is -2.85. The van der Waals surface area contributed by atoms with Gasteiger partial charge < -0.3 is 9.88 Å². The van der Waals surface area contributed by atoms with Gasteiger partial charge in [-0.05, 0) is 36.8 Å². The van der Waals surface area contributed by atoms with Crippen LogP contribution in [0.4, 0.5) is 5.69 Å². The maximum atomic E-state index is 12.6. The fraction of sp³-hybridized carbons (Fsp3) is 0.100. The lowest BCUT2D eigenvalue weighted by Gasteiger charge is -2.10. The number of carbonyl (C=O) groups excluding carboxylic acids is 1. The second-order valence-corrected chi connectivity index (χ2v) is 6.19. The molecule has 4 nitrogen and oxygen atoms in total. The molecule has 0 fully saturated rings. The number of aryl methyl sites for hydroxylation is 1. The van der Waals surface area contributed by atoms with E-state index in [4.69, 9.17) is 11.6 Å². The highest BCUT2D eigenvalue weighted by molar-refractivity contribution is 6.33. The van der Waals surface area contributed by atoms with E-state index in [0.717, 1.165) is 11.1 Å². The second kappa shape index (κ2) is 7.36. The molecule has 25 heavy (non-hydrogen) atoms. The molecular weight excluding hydrogens is 336 g/mol. The standard InChI is InChI=1S/C20H17ClN2O2/c1-14-6-4-7-15(12-14)13-23-11-5-8-16(20(23)25)19(24)22-18-10-3-2-9-17(18)21/h2-12H,13H2,1H3,(H,22,24). The average molecular weight is 353 g/mol. The van der Waals surface area contributed by atoms with Crippen molar-refractivity contribution in [1.29, 1.82) is 0 Å². The van der Waals surface area contributed by atoms with E-state index >= 15 is 0 Å². The van der Waals surface area contributed by atoms with Crippen LogP contribution in [0.3, 0.4) is 0 Å². The minimum absolute atomic E-state index is 0.0788. The Kier molecular flexibility index (Phi) is 5.00. The molecule has 0 radical (unpaired) electrons. The molecule has 0 aliphatic heterocycles. The van der Waals surface area contributed by atoms with Gasteiger partial charge in [-0.2, -0.15) is 0 Å². The summed E-state index contributed by atoms with van der Waals surface area (Å²) in [5.74, 6) is -0.475. The Labute approximate surface area is 150 Å². The van der Waals surface area contributed by atoms with Crippen molar-refractivity contribution in [2.75, 3.05) is 5.32 Å². The molecule has 0 saturated heterocycles. The lowest BCUT2D eigenvalue weighted by atomic mass is 10.1. The number of nitrogens with zero attached hydrogens (tertiary/aromatic N) is 1. The zero-order valence-electron chi connectivity index (χ0n) is 13.7. The zero-order chi connectivity index (χ0) is 17.8. The molecule has 0 atom stereocenters. The molecule has 0 bridgehead atoms. The molecule has 0 spiro atoms. The smallest absolute Gasteiger partial charge is 0.263 e. The molecule has 0 aliphatic carbocycles. The first-order chi connectivity index (χ1) is 12.0. The molecule has 1 heterocycles. The van der Waals surface area contributed by atoms with Gasteiger partial charge in [0, 0.05) is 6.20 Å². The van der Waals surface area contributed by atoms with E-state index in [-0.39, 0.29) is 11.1 Å². The van der Waals surface area contributed by atoms with Crippen molar-refractivity contribution in [3.63, 3.8) is 0 Å². The van der Waals surface area contributed by atoms with Crippen LogP contribution in [-0.2, 0) is 6.54 Å². The van der Waals surface area contributed by atoms with Gasteiger partial charge in [-0.1, -0.05) is 53.6 Å². The summed E-state index contributed by atoms with van der Waals surface area (Å²) in [6.07, 6.45) is 1.68. The van der Waals surface area contributed by atoms with Crippen LogP contribution in [-0.4, -0.2) is 10.5 Å². The molecular formula is C20H17ClN2O2. The third kappa shape index (κ3) is 3.98. The number of aromatic nitrogens is 1. The molecule has 1 aromatic heterocycles. The van der Waals surface area contributed by atoms with Gasteiger partial charge >= 0.3 is 0 Å². The summed E-state index contributed by atoms with van der Waals surface area (Å²) >= 11 is 6.05. The number of nitrogens with one attached hydrogen (secondary N) is 1. The molecule has 5 heteroatoms. The predicted octanol–water partition coefficient (Wildman–Crippen LogP) is 4.11. The highest BCUT2D eigenvalue weighted by Crippen LogP contribution is 2.20. The second-order valence-electron chi connectivity index (χ2n) is 5.78. The van der Waals surface area contributed by atoms with Crippen LogP contribution in [0.1, 0.15) is 21.5 Å². The Morgan fingerprint density at radius 3 is 2.64 bits per heavy atom. The SMILES string of the molecule is Cc1cccc(Cn2cccc(C(=O)Nc3ccccc3Cl)c2=O)c1. The van der Waals surface area contributed by atoms with Crippen LogP contribution in [0.5, 0.6) is 0 Å². The Morgan fingerprint density at radius 1 is 1.08 bits per heavy atom. The maximum Gasteiger partial charge on any atom is 0.263 e. The summed E-state index contributed by atoms with van der Waals surface area (Å²) < 4.78 is 1.52. The minimum Gasteiger partial charge on any atom is -0.320 e. The van der Waals surface area contributed by atoms with Crippen molar-refractivity contribution in [3.8, 4) is 0 Å². The third-order valence-electron chi connectivity index (χ3n) is 3.82. The summed E-state index contributed by atoms with van der Waals surface area (Å²) in [5, 5.41) is 3.11. The lowest BCUT2D eigenvalue weighted by molar-refractivity contribution is 0.102. The number of hydrogen-bond acceptors (Lipinski definition) is 2. The van der Waals surface area contributed by atoms with Crippen molar-refractivity contribution >= 4 is 23.2 Å². The van der Waals surface area contributed by atoms with Gasteiger partial charge in [0.05, 0.1) is 17.3 Å². The van der Waals surface area contributed by atoms with E-state index < -0.39 is 5.91 Å². The molecule has 1 N–H and O–H groups in total. The van der Waals surface area contributed by atoms with E-state index in [1.54, 1.807) is 36.5 Å². The number of hydrogen-bond donors (Lipinski definition) is 1. The lowest BCUT2D eigenvalue weighted by Crippen LogP contribution is -2.29. The van der Waals surface area contributed by atoms with E-state index in [9.17, 15) is 9.59 Å². The molecule has 3 aromatic rings. The Balaban J connectivity index is 1.87. The average Bonchev–Trinajstić information content (AvgIpc) is 2.59. The van der Waals surface area contributed by atoms with Gasteiger partial charge in [-0.15, -0.1) is 0 Å². The van der Waals surface area contributed by atoms with Crippen molar-refractivity contribution in [1.82, 2.24) is 4.57 Å². The van der Waals surface area contributed by atoms with Crippen LogP contribution in [0, 0.1) is 6.92 Å². The molecule has 1 amide bonds. The van der Waals surface area contributed by atoms with Crippen LogP contribution in [0.2, 0.25) is 5.02 Å². The first kappa shape index (κ1) is 17.0. The van der Waals surface area contributed by atoms with Crippen molar-refractivity contribution in [2.24, 2.45) is 0 Å². The molecule has 0 aliphatic rings. The molecule has 2 aromatic carbocycles. The number of carbonyl (C=O) groups is 1. The van der Waals surface area contributed by atoms with Crippen LogP contribution < -0.4 is 10.9 Å². The summed E-state index contributed by atoms with van der Waals surface area (Å²) in [7, 11) is 0.